The van der Waals surface area contributed by atoms with Crippen LogP contribution >= 0.6 is 0 Å². The third kappa shape index (κ3) is 3.04. The molecule has 1 rings (SSSR count). The number of ether oxygens (including phenoxy) is 1. The lowest BCUT2D eigenvalue weighted by Gasteiger charge is -2.40. The summed E-state index contributed by atoms with van der Waals surface area (Å²) in [6.07, 6.45) is -4.36. The number of morpholine rings is 1. The van der Waals surface area contributed by atoms with Gasteiger partial charge in [0.15, 0.2) is 0 Å². The van der Waals surface area contributed by atoms with Crippen molar-refractivity contribution in [1.82, 2.24) is 4.90 Å². The van der Waals surface area contributed by atoms with Gasteiger partial charge in [-0.05, 0) is 0 Å². The van der Waals surface area contributed by atoms with E-state index in [0.29, 0.717) is 0 Å². The third-order valence-corrected chi connectivity index (χ3v) is 2.49. The molecule has 0 bridgehead atoms. The maximum absolute atomic E-state index is 12.6. The minimum absolute atomic E-state index is 0.114. The minimum Gasteiger partial charge on any atom is -0.395 e. The Bertz CT molecular complexity index is 201. The van der Waals surface area contributed by atoms with Crippen molar-refractivity contribution in [2.75, 3.05) is 32.9 Å². The van der Waals surface area contributed by atoms with Crippen LogP contribution in [0.3, 0.4) is 0 Å². The first-order chi connectivity index (χ1) is 7.00. The van der Waals surface area contributed by atoms with Crippen LogP contribution in [-0.2, 0) is 4.74 Å². The number of nitrogens with two attached hydrogens (primary N) is 1. The Labute approximate surface area is 85.8 Å². The van der Waals surface area contributed by atoms with Crippen LogP contribution in [0.25, 0.3) is 0 Å². The molecule has 0 saturated carbocycles. The Morgan fingerprint density at radius 3 is 2.67 bits per heavy atom. The Hall–Kier alpha value is -0.370. The maximum atomic E-state index is 12.6. The molecule has 1 fully saturated rings. The van der Waals surface area contributed by atoms with E-state index < -0.39 is 24.8 Å². The average molecular weight is 228 g/mol. The maximum Gasteiger partial charge on any atom is 0.405 e. The highest BCUT2D eigenvalue weighted by Crippen LogP contribution is 2.26. The molecule has 1 aliphatic heterocycles. The van der Waals surface area contributed by atoms with Crippen LogP contribution in [0.1, 0.15) is 0 Å². The minimum atomic E-state index is -4.36. The summed E-state index contributed by atoms with van der Waals surface area (Å²) in [4.78, 5) is 1.17. The van der Waals surface area contributed by atoms with Crippen molar-refractivity contribution in [3.63, 3.8) is 0 Å². The number of aliphatic hydroxyl groups excluding tert-OH is 1. The molecule has 1 aliphatic rings. The molecule has 0 aromatic heterocycles. The summed E-state index contributed by atoms with van der Waals surface area (Å²) in [5.41, 5.74) is 5.12. The smallest absolute Gasteiger partial charge is 0.395 e. The second-order valence-corrected chi connectivity index (χ2v) is 3.44. The summed E-state index contributed by atoms with van der Waals surface area (Å²) < 4.78 is 42.7. The van der Waals surface area contributed by atoms with Crippen molar-refractivity contribution < 1.29 is 23.0 Å². The van der Waals surface area contributed by atoms with Crippen LogP contribution in [0, 0.1) is 0 Å². The fourth-order valence-corrected chi connectivity index (χ4v) is 1.69. The van der Waals surface area contributed by atoms with Crippen molar-refractivity contribution in [1.29, 1.82) is 0 Å². The second-order valence-electron chi connectivity index (χ2n) is 3.44. The first-order valence-electron chi connectivity index (χ1n) is 4.71. The molecule has 3 N–H and O–H groups in total. The molecule has 0 radical (unpaired) electrons. The predicted molar refractivity (Wildman–Crippen MR) is 47.3 cm³/mol. The highest BCUT2D eigenvalue weighted by molar-refractivity contribution is 4.86. The van der Waals surface area contributed by atoms with Gasteiger partial charge in [0, 0.05) is 13.1 Å². The SMILES string of the molecule is NCC(N1CCOCC1CO)C(F)(F)F. The molecule has 4 nitrogen and oxygen atoms in total. The summed E-state index contributed by atoms with van der Waals surface area (Å²) in [5.74, 6) is 0. The van der Waals surface area contributed by atoms with Gasteiger partial charge >= 0.3 is 6.18 Å². The van der Waals surface area contributed by atoms with Crippen LogP contribution in [0.4, 0.5) is 13.2 Å². The lowest BCUT2D eigenvalue weighted by Crippen LogP contribution is -2.59. The topological polar surface area (TPSA) is 58.7 Å². The number of rotatable bonds is 3. The molecule has 1 saturated heterocycles. The van der Waals surface area contributed by atoms with Gasteiger partial charge in [0.2, 0.25) is 0 Å². The van der Waals surface area contributed by atoms with E-state index in [0.717, 1.165) is 0 Å². The molecule has 0 spiro atoms. The van der Waals surface area contributed by atoms with E-state index in [-0.39, 0.29) is 26.4 Å². The normalized spacial score (nSPS) is 26.6. The Balaban J connectivity index is 2.72. The van der Waals surface area contributed by atoms with Gasteiger partial charge in [-0.1, -0.05) is 0 Å². The van der Waals surface area contributed by atoms with E-state index in [4.69, 9.17) is 15.6 Å². The fraction of sp³-hybridized carbons (Fsp3) is 1.00. The highest BCUT2D eigenvalue weighted by Gasteiger charge is 2.45. The zero-order valence-electron chi connectivity index (χ0n) is 8.20. The number of hydrogen-bond donors (Lipinski definition) is 2. The van der Waals surface area contributed by atoms with Crippen LogP contribution in [0.15, 0.2) is 0 Å². The zero-order chi connectivity index (χ0) is 11.5. The van der Waals surface area contributed by atoms with Crippen molar-refractivity contribution in [3.8, 4) is 0 Å². The van der Waals surface area contributed by atoms with E-state index in [9.17, 15) is 13.2 Å². The first kappa shape index (κ1) is 12.7. The number of hydrogen-bond acceptors (Lipinski definition) is 4. The van der Waals surface area contributed by atoms with Gasteiger partial charge < -0.3 is 15.6 Å². The number of alkyl halides is 3. The van der Waals surface area contributed by atoms with Crippen LogP contribution < -0.4 is 5.73 Å². The van der Waals surface area contributed by atoms with Crippen LogP contribution in [0.5, 0.6) is 0 Å². The molecule has 0 aromatic carbocycles. The van der Waals surface area contributed by atoms with Crippen molar-refractivity contribution >= 4 is 0 Å². The molecule has 0 amide bonds. The predicted octanol–water partition coefficient (Wildman–Crippen LogP) is -0.431. The van der Waals surface area contributed by atoms with Crippen LogP contribution in [-0.4, -0.2) is 61.2 Å². The summed E-state index contributed by atoms with van der Waals surface area (Å²) in [6, 6.07) is -2.31. The molecular formula is C8H15F3N2O2. The van der Waals surface area contributed by atoms with Crippen molar-refractivity contribution in [3.05, 3.63) is 0 Å². The van der Waals surface area contributed by atoms with E-state index in [2.05, 4.69) is 0 Å². The quantitative estimate of drug-likeness (QED) is 0.688. The number of nitrogens with zero attached hydrogens (tertiary/aromatic N) is 1. The van der Waals surface area contributed by atoms with Gasteiger partial charge in [0.1, 0.15) is 6.04 Å². The number of halogens is 3. The van der Waals surface area contributed by atoms with E-state index in [1.54, 1.807) is 0 Å². The van der Waals surface area contributed by atoms with Crippen molar-refractivity contribution in [2.45, 2.75) is 18.3 Å². The van der Waals surface area contributed by atoms with Gasteiger partial charge in [-0.15, -0.1) is 0 Å². The Kier molecular flexibility index (Phi) is 4.32. The zero-order valence-corrected chi connectivity index (χ0v) is 8.20. The molecule has 2 atom stereocenters. The molecule has 1 heterocycles. The monoisotopic (exact) mass is 228 g/mol. The molecule has 2 unspecified atom stereocenters. The lowest BCUT2D eigenvalue weighted by molar-refractivity contribution is -0.200. The molecule has 0 aromatic rings. The van der Waals surface area contributed by atoms with E-state index in [1.165, 1.54) is 4.90 Å². The van der Waals surface area contributed by atoms with Gasteiger partial charge in [0.05, 0.1) is 25.9 Å². The molecule has 15 heavy (non-hydrogen) atoms. The summed E-state index contributed by atoms with van der Waals surface area (Å²) in [6.45, 7) is -0.356. The molecule has 7 heteroatoms. The summed E-state index contributed by atoms with van der Waals surface area (Å²) in [7, 11) is 0. The Morgan fingerprint density at radius 1 is 1.53 bits per heavy atom. The van der Waals surface area contributed by atoms with E-state index in [1.807, 2.05) is 0 Å². The average Bonchev–Trinajstić information content (AvgIpc) is 2.17. The molecular weight excluding hydrogens is 213 g/mol. The van der Waals surface area contributed by atoms with Gasteiger partial charge in [0.25, 0.3) is 0 Å². The molecule has 0 aliphatic carbocycles. The van der Waals surface area contributed by atoms with Gasteiger partial charge in [-0.25, -0.2) is 0 Å². The molecule has 90 valence electrons. The Morgan fingerprint density at radius 2 is 2.20 bits per heavy atom. The van der Waals surface area contributed by atoms with Gasteiger partial charge in [-0.3, -0.25) is 4.90 Å². The summed E-state index contributed by atoms with van der Waals surface area (Å²) >= 11 is 0. The van der Waals surface area contributed by atoms with Gasteiger partial charge in [-0.2, -0.15) is 13.2 Å². The largest absolute Gasteiger partial charge is 0.405 e. The van der Waals surface area contributed by atoms with Crippen LogP contribution in [0.2, 0.25) is 0 Å². The first-order valence-corrected chi connectivity index (χ1v) is 4.71. The van der Waals surface area contributed by atoms with E-state index >= 15 is 0 Å². The third-order valence-electron chi connectivity index (χ3n) is 2.49. The number of aliphatic hydroxyl groups is 1. The lowest BCUT2D eigenvalue weighted by atomic mass is 10.1. The second kappa shape index (κ2) is 5.11. The van der Waals surface area contributed by atoms with Crippen molar-refractivity contribution in [2.24, 2.45) is 5.73 Å². The standard InChI is InChI=1S/C8H15F3N2O2/c9-8(10,11)7(3-12)13-1-2-15-5-6(13)4-14/h6-7,14H,1-5,12H2. The fourth-order valence-electron chi connectivity index (χ4n) is 1.69. The highest BCUT2D eigenvalue weighted by atomic mass is 19.4. The summed E-state index contributed by atoms with van der Waals surface area (Å²) in [5, 5.41) is 8.94.